The van der Waals surface area contributed by atoms with Gasteiger partial charge in [-0.1, -0.05) is 12.1 Å². The summed E-state index contributed by atoms with van der Waals surface area (Å²) in [7, 11) is 0. The molecule has 0 aliphatic carbocycles. The standard InChI is InChI=1S/C18H12BrFN6O4/c1-21-10-2-5-12(6-3-10)29-9-15(27)23-18-16(25-30-26-18)17(24-28)22-11-4-7-14(20)13(19)8-11/h2-8,28H,9H2,(H,22,24)(H,23,26,27). The van der Waals surface area contributed by atoms with Crippen molar-refractivity contribution in [1.82, 2.24) is 15.8 Å². The van der Waals surface area contributed by atoms with Gasteiger partial charge in [-0.15, -0.1) is 0 Å². The van der Waals surface area contributed by atoms with Gasteiger partial charge in [-0.3, -0.25) is 15.5 Å². The number of nitrogens with zero attached hydrogens (tertiary/aromatic N) is 4. The largest absolute Gasteiger partial charge is 0.484 e. The third-order valence-electron chi connectivity index (χ3n) is 3.56. The van der Waals surface area contributed by atoms with E-state index in [-0.39, 0.29) is 34.1 Å². The second-order valence-corrected chi connectivity index (χ2v) is 6.43. The maximum Gasteiger partial charge on any atom is 0.263 e. The van der Waals surface area contributed by atoms with Gasteiger partial charge in [0.05, 0.1) is 16.7 Å². The lowest BCUT2D eigenvalue weighted by atomic mass is 10.3. The molecule has 0 radical (unpaired) electrons. The van der Waals surface area contributed by atoms with Crippen LogP contribution >= 0.6 is 15.9 Å². The molecule has 0 spiro atoms. The SMILES string of the molecule is [C-]#[N+]c1ccc(OCC(=O)Nc2nonc2C(=Nc2ccc(F)c(Br)c2)NO)cc1. The Kier molecular flexibility index (Phi) is 6.68. The number of anilines is 1. The Hall–Kier alpha value is -3.82. The predicted octanol–water partition coefficient (Wildman–Crippen LogP) is 3.60. The maximum atomic E-state index is 13.4. The molecule has 1 heterocycles. The summed E-state index contributed by atoms with van der Waals surface area (Å²) in [6.45, 7) is 6.55. The van der Waals surface area contributed by atoms with Crippen molar-refractivity contribution in [2.24, 2.45) is 4.99 Å². The second kappa shape index (κ2) is 9.59. The Morgan fingerprint density at radius 3 is 2.73 bits per heavy atom. The molecule has 0 fully saturated rings. The Morgan fingerprint density at radius 2 is 2.07 bits per heavy atom. The number of aromatic nitrogens is 2. The van der Waals surface area contributed by atoms with Crippen molar-refractivity contribution in [2.45, 2.75) is 0 Å². The lowest BCUT2D eigenvalue weighted by Crippen LogP contribution is -2.25. The van der Waals surface area contributed by atoms with Crippen molar-refractivity contribution >= 4 is 44.9 Å². The minimum absolute atomic E-state index is 0.0901. The topological polar surface area (TPSA) is 126 Å². The molecular formula is C18H12BrFN6O4. The zero-order valence-electron chi connectivity index (χ0n) is 15.0. The number of hydrogen-bond acceptors (Lipinski definition) is 7. The highest BCUT2D eigenvalue weighted by atomic mass is 79.9. The molecule has 1 amide bonds. The first kappa shape index (κ1) is 20.9. The molecule has 1 aromatic heterocycles. The fraction of sp³-hybridized carbons (Fsp3) is 0.0556. The van der Waals surface area contributed by atoms with E-state index in [0.717, 1.165) is 0 Å². The van der Waals surface area contributed by atoms with Gasteiger partial charge in [0, 0.05) is 0 Å². The highest BCUT2D eigenvalue weighted by Gasteiger charge is 2.19. The molecular weight excluding hydrogens is 463 g/mol. The van der Waals surface area contributed by atoms with Gasteiger partial charge in [0.1, 0.15) is 11.6 Å². The first-order chi connectivity index (χ1) is 14.5. The van der Waals surface area contributed by atoms with Crippen LogP contribution in [0.25, 0.3) is 4.85 Å². The van der Waals surface area contributed by atoms with Gasteiger partial charge in [-0.2, -0.15) is 0 Å². The van der Waals surface area contributed by atoms with Crippen LogP contribution in [0.1, 0.15) is 5.69 Å². The van der Waals surface area contributed by atoms with Gasteiger partial charge < -0.3 is 10.1 Å². The number of ether oxygens (including phenoxy) is 1. The monoisotopic (exact) mass is 474 g/mol. The van der Waals surface area contributed by atoms with Crippen molar-refractivity contribution in [2.75, 3.05) is 11.9 Å². The number of hydrogen-bond donors (Lipinski definition) is 3. The Bertz CT molecular complexity index is 1130. The average molecular weight is 475 g/mol. The van der Waals surface area contributed by atoms with Gasteiger partial charge in [-0.25, -0.2) is 18.9 Å². The van der Waals surface area contributed by atoms with Crippen LogP contribution in [0.3, 0.4) is 0 Å². The number of carbonyl (C=O) groups is 1. The zero-order chi connectivity index (χ0) is 21.5. The van der Waals surface area contributed by atoms with Crippen LogP contribution in [-0.2, 0) is 4.79 Å². The van der Waals surface area contributed by atoms with Crippen LogP contribution in [0.4, 0.5) is 21.6 Å². The van der Waals surface area contributed by atoms with Crippen LogP contribution in [0.5, 0.6) is 5.75 Å². The number of halogens is 2. The van der Waals surface area contributed by atoms with Crippen molar-refractivity contribution in [3.05, 3.63) is 69.9 Å². The van der Waals surface area contributed by atoms with E-state index in [2.05, 4.69) is 46.0 Å². The van der Waals surface area contributed by atoms with E-state index < -0.39 is 11.7 Å². The number of hydroxylamine groups is 1. The fourth-order valence-corrected chi connectivity index (χ4v) is 2.54. The number of amides is 1. The molecule has 152 valence electrons. The van der Waals surface area contributed by atoms with Crippen LogP contribution in [0.15, 0.2) is 56.6 Å². The molecule has 0 saturated carbocycles. The third kappa shape index (κ3) is 5.16. The lowest BCUT2D eigenvalue weighted by molar-refractivity contribution is -0.118. The van der Waals surface area contributed by atoms with E-state index in [1.165, 1.54) is 18.2 Å². The Morgan fingerprint density at radius 1 is 1.30 bits per heavy atom. The van der Waals surface area contributed by atoms with Crippen LogP contribution in [0, 0.1) is 12.4 Å². The van der Waals surface area contributed by atoms with E-state index in [0.29, 0.717) is 11.4 Å². The van der Waals surface area contributed by atoms with E-state index in [1.807, 2.05) is 5.48 Å². The smallest absolute Gasteiger partial charge is 0.263 e. The Balaban J connectivity index is 1.69. The first-order valence-electron chi connectivity index (χ1n) is 8.17. The quantitative estimate of drug-likeness (QED) is 0.215. The fourth-order valence-electron chi connectivity index (χ4n) is 2.17. The molecule has 0 saturated heterocycles. The van der Waals surface area contributed by atoms with E-state index in [4.69, 9.17) is 11.3 Å². The summed E-state index contributed by atoms with van der Waals surface area (Å²) in [6, 6.07) is 10.2. The van der Waals surface area contributed by atoms with E-state index in [9.17, 15) is 14.4 Å². The number of amidine groups is 1. The molecule has 0 unspecified atom stereocenters. The molecule has 10 nitrogen and oxygen atoms in total. The molecule has 12 heteroatoms. The van der Waals surface area contributed by atoms with Gasteiger partial charge in [0.15, 0.2) is 23.8 Å². The summed E-state index contributed by atoms with van der Waals surface area (Å²) in [5, 5.41) is 19.0. The second-order valence-electron chi connectivity index (χ2n) is 5.57. The summed E-state index contributed by atoms with van der Waals surface area (Å²) < 4.78 is 23.5. The summed E-state index contributed by atoms with van der Waals surface area (Å²) >= 11 is 3.04. The van der Waals surface area contributed by atoms with Crippen molar-refractivity contribution in [1.29, 1.82) is 0 Å². The van der Waals surface area contributed by atoms with E-state index in [1.54, 1.807) is 24.3 Å². The van der Waals surface area contributed by atoms with Crippen LogP contribution < -0.4 is 15.5 Å². The number of rotatable bonds is 6. The molecule has 3 rings (SSSR count). The van der Waals surface area contributed by atoms with Crippen LogP contribution in [0.2, 0.25) is 0 Å². The summed E-state index contributed by atoms with van der Waals surface area (Å²) in [4.78, 5) is 19.5. The van der Waals surface area contributed by atoms with Crippen molar-refractivity contribution in [3.63, 3.8) is 0 Å². The van der Waals surface area contributed by atoms with Crippen molar-refractivity contribution in [3.8, 4) is 5.75 Å². The Labute approximate surface area is 177 Å². The first-order valence-corrected chi connectivity index (χ1v) is 8.96. The van der Waals surface area contributed by atoms with Gasteiger partial charge in [0.25, 0.3) is 5.91 Å². The van der Waals surface area contributed by atoms with Crippen LogP contribution in [-0.4, -0.2) is 33.9 Å². The molecule has 3 N–H and O–H groups in total. The molecule has 3 aromatic rings. The van der Waals surface area contributed by atoms with Crippen molar-refractivity contribution < 1.29 is 23.8 Å². The normalized spacial score (nSPS) is 10.9. The molecule has 30 heavy (non-hydrogen) atoms. The summed E-state index contributed by atoms with van der Waals surface area (Å²) in [5.74, 6) is -0.971. The number of benzene rings is 2. The van der Waals surface area contributed by atoms with E-state index >= 15 is 0 Å². The lowest BCUT2D eigenvalue weighted by Gasteiger charge is -2.07. The molecule has 0 aliphatic rings. The molecule has 0 aliphatic heterocycles. The van der Waals surface area contributed by atoms with Gasteiger partial charge in [0.2, 0.25) is 5.82 Å². The minimum atomic E-state index is -0.581. The number of carbonyl (C=O) groups excluding carboxylic acids is 1. The summed E-state index contributed by atoms with van der Waals surface area (Å²) in [6.07, 6.45) is 0. The van der Waals surface area contributed by atoms with Gasteiger partial charge >= 0.3 is 0 Å². The summed E-state index contributed by atoms with van der Waals surface area (Å²) in [5.41, 5.74) is 2.48. The highest BCUT2D eigenvalue weighted by Crippen LogP contribution is 2.23. The third-order valence-corrected chi connectivity index (χ3v) is 4.16. The number of aliphatic imine (C=N–C) groups is 1. The highest BCUT2D eigenvalue weighted by molar-refractivity contribution is 9.10. The molecule has 0 bridgehead atoms. The zero-order valence-corrected chi connectivity index (χ0v) is 16.6. The average Bonchev–Trinajstić information content (AvgIpc) is 3.21. The molecule has 2 aromatic carbocycles. The predicted molar refractivity (Wildman–Crippen MR) is 106 cm³/mol. The van der Waals surface area contributed by atoms with Gasteiger partial charge in [-0.05, 0) is 56.6 Å². The number of nitrogens with one attached hydrogen (secondary N) is 2. The maximum absolute atomic E-state index is 13.4. The minimum Gasteiger partial charge on any atom is -0.484 e. The molecule has 0 atom stereocenters.